The number of anilines is 3. The monoisotopic (exact) mass is 457 g/mol. The molecule has 0 saturated heterocycles. The Hall–Kier alpha value is -4.24. The normalized spacial score (nSPS) is 14.3. The Labute approximate surface area is 206 Å². The number of para-hydroxylation sites is 2. The van der Waals surface area contributed by atoms with Crippen LogP contribution in [0.4, 0.5) is 17.1 Å². The summed E-state index contributed by atoms with van der Waals surface area (Å²) >= 11 is 0. The van der Waals surface area contributed by atoms with Crippen molar-refractivity contribution in [2.24, 2.45) is 0 Å². The van der Waals surface area contributed by atoms with E-state index >= 15 is 0 Å². The van der Waals surface area contributed by atoms with E-state index in [0.29, 0.717) is 11.1 Å². The number of Topliss-reactive ketones (excluding diaryl/α,β-unsaturated/α-hetero) is 2. The van der Waals surface area contributed by atoms with Crippen molar-refractivity contribution >= 4 is 34.7 Å². The van der Waals surface area contributed by atoms with Crippen molar-refractivity contribution in [3.8, 4) is 0 Å². The first kappa shape index (κ1) is 22.5. The molecule has 3 nitrogen and oxygen atoms in total. The van der Waals surface area contributed by atoms with Gasteiger partial charge in [0.15, 0.2) is 11.6 Å². The second kappa shape index (κ2) is 8.84. The number of rotatable bonds is 4. The Kier molecular flexibility index (Phi) is 5.70. The number of carbonyl (C=O) groups is 2. The molecule has 1 aliphatic carbocycles. The second-order valence-electron chi connectivity index (χ2n) is 9.82. The second-order valence-corrected chi connectivity index (χ2v) is 9.82. The largest absolute Gasteiger partial charge is 0.311 e. The van der Waals surface area contributed by atoms with Gasteiger partial charge in [-0.25, -0.2) is 0 Å². The quantitative estimate of drug-likeness (QED) is 0.231. The van der Waals surface area contributed by atoms with Crippen molar-refractivity contribution in [1.82, 2.24) is 0 Å². The SMILES string of the molecule is CC(C)(C)c1ccc2c(c1)C(=O)/C(=C/c1ccc(N(c3ccccc3)c3ccccc3)cc1)C2=O. The van der Waals surface area contributed by atoms with Gasteiger partial charge < -0.3 is 4.90 Å². The van der Waals surface area contributed by atoms with Crippen molar-refractivity contribution in [1.29, 1.82) is 0 Å². The molecule has 0 aromatic heterocycles. The number of fused-ring (bicyclic) bond motifs is 1. The molecule has 0 unspecified atom stereocenters. The van der Waals surface area contributed by atoms with Gasteiger partial charge in [0, 0.05) is 28.2 Å². The first-order chi connectivity index (χ1) is 16.8. The third-order valence-corrected chi connectivity index (χ3v) is 6.36. The van der Waals surface area contributed by atoms with Crippen molar-refractivity contribution in [3.05, 3.63) is 131 Å². The molecule has 1 aliphatic rings. The lowest BCUT2D eigenvalue weighted by Crippen LogP contribution is -2.12. The summed E-state index contributed by atoms with van der Waals surface area (Å²) in [4.78, 5) is 28.3. The molecule has 0 radical (unpaired) electrons. The van der Waals surface area contributed by atoms with E-state index in [1.165, 1.54) is 0 Å². The summed E-state index contributed by atoms with van der Waals surface area (Å²) in [6, 6.07) is 33.9. The average Bonchev–Trinajstić information content (AvgIpc) is 3.10. The lowest BCUT2D eigenvalue weighted by molar-refractivity contribution is 0.0990. The minimum atomic E-state index is -0.204. The van der Waals surface area contributed by atoms with Gasteiger partial charge in [-0.2, -0.15) is 0 Å². The zero-order valence-electron chi connectivity index (χ0n) is 20.2. The van der Waals surface area contributed by atoms with E-state index in [9.17, 15) is 9.59 Å². The number of nitrogens with zero attached hydrogens (tertiary/aromatic N) is 1. The predicted molar refractivity (Wildman–Crippen MR) is 143 cm³/mol. The minimum Gasteiger partial charge on any atom is -0.311 e. The van der Waals surface area contributed by atoms with Crippen LogP contribution in [0.2, 0.25) is 0 Å². The van der Waals surface area contributed by atoms with E-state index in [1.807, 2.05) is 72.8 Å². The number of ketones is 2. The third-order valence-electron chi connectivity index (χ3n) is 6.36. The van der Waals surface area contributed by atoms with Crippen LogP contribution in [0.25, 0.3) is 6.08 Å². The molecule has 0 saturated carbocycles. The Bertz CT molecular complexity index is 1390. The molecule has 0 heterocycles. The van der Waals surface area contributed by atoms with Crippen LogP contribution in [-0.4, -0.2) is 11.6 Å². The van der Waals surface area contributed by atoms with E-state index in [1.54, 1.807) is 12.1 Å². The van der Waals surface area contributed by atoms with Crippen LogP contribution >= 0.6 is 0 Å². The Morgan fingerprint density at radius 3 is 1.66 bits per heavy atom. The molecule has 0 spiro atoms. The minimum absolute atomic E-state index is 0.0932. The van der Waals surface area contributed by atoms with Crippen LogP contribution in [0.1, 0.15) is 52.6 Å². The maximum Gasteiger partial charge on any atom is 0.197 e. The zero-order valence-corrected chi connectivity index (χ0v) is 20.2. The highest BCUT2D eigenvalue weighted by atomic mass is 16.2. The van der Waals surface area contributed by atoms with Crippen LogP contribution in [0, 0.1) is 0 Å². The smallest absolute Gasteiger partial charge is 0.197 e. The van der Waals surface area contributed by atoms with Gasteiger partial charge in [-0.15, -0.1) is 0 Å². The molecule has 0 amide bonds. The molecule has 4 aromatic rings. The van der Waals surface area contributed by atoms with E-state index < -0.39 is 0 Å². The van der Waals surface area contributed by atoms with Crippen molar-refractivity contribution in [2.45, 2.75) is 26.2 Å². The molecule has 3 heteroatoms. The maximum absolute atomic E-state index is 13.1. The fourth-order valence-corrected chi connectivity index (χ4v) is 4.41. The number of benzene rings is 4. The van der Waals surface area contributed by atoms with E-state index in [4.69, 9.17) is 0 Å². The average molecular weight is 458 g/mol. The molecule has 35 heavy (non-hydrogen) atoms. The van der Waals surface area contributed by atoms with Gasteiger partial charge in [0.05, 0.1) is 5.57 Å². The summed E-state index contributed by atoms with van der Waals surface area (Å²) in [6.45, 7) is 6.30. The Morgan fingerprint density at radius 2 is 1.11 bits per heavy atom. The Balaban J connectivity index is 1.48. The van der Waals surface area contributed by atoms with E-state index in [-0.39, 0.29) is 22.6 Å². The first-order valence-electron chi connectivity index (χ1n) is 11.8. The molecule has 0 fully saturated rings. The summed E-state index contributed by atoms with van der Waals surface area (Å²) in [6.07, 6.45) is 1.71. The molecule has 0 bridgehead atoms. The molecule has 0 aliphatic heterocycles. The predicted octanol–water partition coefficient (Wildman–Crippen LogP) is 7.92. The third kappa shape index (κ3) is 4.33. The lowest BCUT2D eigenvalue weighted by Gasteiger charge is -2.25. The topological polar surface area (TPSA) is 37.4 Å². The van der Waals surface area contributed by atoms with Crippen molar-refractivity contribution in [2.75, 3.05) is 4.90 Å². The van der Waals surface area contributed by atoms with Gasteiger partial charge >= 0.3 is 0 Å². The molecule has 172 valence electrons. The van der Waals surface area contributed by atoms with Crippen LogP contribution in [0.15, 0.2) is 109 Å². The summed E-state index contributed by atoms with van der Waals surface area (Å²) < 4.78 is 0. The van der Waals surface area contributed by atoms with Gasteiger partial charge in [0.25, 0.3) is 0 Å². The molecule has 0 N–H and O–H groups in total. The fraction of sp³-hybridized carbons (Fsp3) is 0.125. The highest BCUT2D eigenvalue weighted by Gasteiger charge is 2.34. The number of hydrogen-bond acceptors (Lipinski definition) is 3. The number of allylic oxidation sites excluding steroid dienone is 1. The zero-order chi connectivity index (χ0) is 24.6. The van der Waals surface area contributed by atoms with Gasteiger partial charge in [0.2, 0.25) is 0 Å². The van der Waals surface area contributed by atoms with Gasteiger partial charge in [-0.1, -0.05) is 75.4 Å². The number of carbonyl (C=O) groups excluding carboxylic acids is 2. The van der Waals surface area contributed by atoms with Crippen molar-refractivity contribution in [3.63, 3.8) is 0 Å². The maximum atomic E-state index is 13.1. The van der Waals surface area contributed by atoms with Crippen LogP contribution < -0.4 is 4.90 Å². The highest BCUT2D eigenvalue weighted by molar-refractivity contribution is 6.41. The summed E-state index contributed by atoms with van der Waals surface area (Å²) in [5.74, 6) is -0.403. The standard InChI is InChI=1S/C32H27NO2/c1-32(2,3)23-16-19-27-28(21-23)31(35)29(30(27)34)20-22-14-17-26(18-15-22)33(24-10-6-4-7-11-24)25-12-8-5-9-13-25/h4-21H,1-3H3/b29-20+. The fourth-order valence-electron chi connectivity index (χ4n) is 4.41. The van der Waals surface area contributed by atoms with Gasteiger partial charge in [-0.05, 0) is 71.1 Å². The summed E-state index contributed by atoms with van der Waals surface area (Å²) in [5, 5.41) is 0. The summed E-state index contributed by atoms with van der Waals surface area (Å²) in [7, 11) is 0. The van der Waals surface area contributed by atoms with Gasteiger partial charge in [0.1, 0.15) is 0 Å². The Morgan fingerprint density at radius 1 is 0.600 bits per heavy atom. The molecule has 0 atom stereocenters. The van der Waals surface area contributed by atoms with Gasteiger partial charge in [-0.3, -0.25) is 9.59 Å². The van der Waals surface area contributed by atoms with Crippen LogP contribution in [0.3, 0.4) is 0 Å². The molecule has 5 rings (SSSR count). The van der Waals surface area contributed by atoms with E-state index in [2.05, 4.69) is 49.9 Å². The lowest BCUT2D eigenvalue weighted by atomic mass is 9.85. The first-order valence-corrected chi connectivity index (χ1v) is 11.8. The summed E-state index contributed by atoms with van der Waals surface area (Å²) in [5.41, 5.74) is 6.08. The molecular formula is C32H27NO2. The highest BCUT2D eigenvalue weighted by Crippen LogP contribution is 2.35. The van der Waals surface area contributed by atoms with E-state index in [0.717, 1.165) is 28.2 Å². The van der Waals surface area contributed by atoms with Crippen molar-refractivity contribution < 1.29 is 9.59 Å². The molecular weight excluding hydrogens is 430 g/mol. The molecule has 4 aromatic carbocycles. The van der Waals surface area contributed by atoms with Crippen LogP contribution in [0.5, 0.6) is 0 Å². The number of hydrogen-bond donors (Lipinski definition) is 0. The van der Waals surface area contributed by atoms with Crippen LogP contribution in [-0.2, 0) is 5.41 Å².